The molecule has 1 saturated heterocycles. The Morgan fingerprint density at radius 3 is 2.50 bits per heavy atom. The molecule has 20 heavy (non-hydrogen) atoms. The van der Waals surface area contributed by atoms with Gasteiger partial charge in [0.1, 0.15) is 0 Å². The summed E-state index contributed by atoms with van der Waals surface area (Å²) < 4.78 is 0. The largest absolute Gasteiger partial charge is 0.392 e. The van der Waals surface area contributed by atoms with Gasteiger partial charge in [0.15, 0.2) is 0 Å². The highest BCUT2D eigenvalue weighted by Gasteiger charge is 2.34. The topological polar surface area (TPSA) is 46.9 Å². The summed E-state index contributed by atoms with van der Waals surface area (Å²) in [4.78, 5) is 4.85. The van der Waals surface area contributed by atoms with E-state index in [1.807, 2.05) is 6.92 Å². The SMILES string of the molecule is CC[C@H]1CN(CC2(O)CCCCC2)CCN1C[C@H](C)O. The number of piperazine rings is 1. The van der Waals surface area contributed by atoms with E-state index in [1.54, 1.807) is 0 Å². The molecule has 1 aliphatic carbocycles. The molecule has 2 N–H and O–H groups in total. The number of hydrogen-bond acceptors (Lipinski definition) is 4. The number of β-amino-alcohol motifs (C(OH)–C–C–N with tert-alkyl or cyclic N) is 2. The fourth-order valence-corrected chi connectivity index (χ4v) is 3.85. The van der Waals surface area contributed by atoms with E-state index in [-0.39, 0.29) is 6.10 Å². The summed E-state index contributed by atoms with van der Waals surface area (Å²) in [6.07, 6.45) is 6.43. The summed E-state index contributed by atoms with van der Waals surface area (Å²) in [7, 11) is 0. The number of hydrogen-bond donors (Lipinski definition) is 2. The predicted octanol–water partition coefficient (Wildman–Crippen LogP) is 1.46. The van der Waals surface area contributed by atoms with E-state index in [0.29, 0.717) is 6.04 Å². The summed E-state index contributed by atoms with van der Waals surface area (Å²) in [5.74, 6) is 0. The van der Waals surface area contributed by atoms with Gasteiger partial charge in [-0.2, -0.15) is 0 Å². The first-order chi connectivity index (χ1) is 9.52. The third-order valence-corrected chi connectivity index (χ3v) is 4.96. The molecule has 1 aliphatic heterocycles. The van der Waals surface area contributed by atoms with E-state index in [2.05, 4.69) is 16.7 Å². The van der Waals surface area contributed by atoms with Crippen molar-refractivity contribution < 1.29 is 10.2 Å². The minimum absolute atomic E-state index is 0.252. The van der Waals surface area contributed by atoms with Crippen LogP contribution in [0.2, 0.25) is 0 Å². The molecular weight excluding hydrogens is 252 g/mol. The fourth-order valence-electron chi connectivity index (χ4n) is 3.85. The minimum atomic E-state index is -0.441. The maximum atomic E-state index is 10.7. The quantitative estimate of drug-likeness (QED) is 0.802. The molecule has 0 aromatic rings. The van der Waals surface area contributed by atoms with Crippen LogP contribution in [-0.2, 0) is 0 Å². The van der Waals surface area contributed by atoms with Gasteiger partial charge in [-0.15, -0.1) is 0 Å². The Labute approximate surface area is 123 Å². The molecule has 2 rings (SSSR count). The lowest BCUT2D eigenvalue weighted by Gasteiger charge is -2.45. The van der Waals surface area contributed by atoms with Gasteiger partial charge in [-0.3, -0.25) is 9.80 Å². The molecule has 4 heteroatoms. The molecule has 0 radical (unpaired) electrons. The van der Waals surface area contributed by atoms with Crippen LogP contribution in [0.1, 0.15) is 52.4 Å². The van der Waals surface area contributed by atoms with Crippen molar-refractivity contribution in [3.8, 4) is 0 Å². The zero-order chi connectivity index (χ0) is 14.6. The molecule has 0 bridgehead atoms. The van der Waals surface area contributed by atoms with Crippen molar-refractivity contribution in [2.45, 2.75) is 70.1 Å². The lowest BCUT2D eigenvalue weighted by atomic mass is 9.84. The van der Waals surface area contributed by atoms with Crippen LogP contribution in [0.25, 0.3) is 0 Å². The van der Waals surface area contributed by atoms with E-state index >= 15 is 0 Å². The van der Waals surface area contributed by atoms with Gasteiger partial charge in [-0.25, -0.2) is 0 Å². The normalized spacial score (nSPS) is 30.3. The molecule has 0 aromatic carbocycles. The highest BCUT2D eigenvalue weighted by molar-refractivity contribution is 4.89. The van der Waals surface area contributed by atoms with Crippen LogP contribution in [-0.4, -0.2) is 70.5 Å². The Balaban J connectivity index is 1.86. The third-order valence-electron chi connectivity index (χ3n) is 4.96. The molecule has 2 fully saturated rings. The number of aliphatic hydroxyl groups is 2. The third kappa shape index (κ3) is 4.42. The summed E-state index contributed by atoms with van der Waals surface area (Å²) in [6, 6.07) is 0.519. The van der Waals surface area contributed by atoms with E-state index in [1.165, 1.54) is 19.3 Å². The lowest BCUT2D eigenvalue weighted by molar-refractivity contribution is -0.0478. The highest BCUT2D eigenvalue weighted by Crippen LogP contribution is 2.29. The van der Waals surface area contributed by atoms with Crippen molar-refractivity contribution in [1.29, 1.82) is 0 Å². The maximum Gasteiger partial charge on any atom is 0.0774 e. The Kier molecular flexibility index (Phi) is 5.84. The van der Waals surface area contributed by atoms with Crippen LogP contribution >= 0.6 is 0 Å². The molecule has 0 amide bonds. The van der Waals surface area contributed by atoms with Crippen molar-refractivity contribution in [3.63, 3.8) is 0 Å². The predicted molar refractivity (Wildman–Crippen MR) is 81.8 cm³/mol. The molecule has 4 nitrogen and oxygen atoms in total. The van der Waals surface area contributed by atoms with E-state index < -0.39 is 5.60 Å². The van der Waals surface area contributed by atoms with Crippen molar-refractivity contribution in [2.24, 2.45) is 0 Å². The standard InChI is InChI=1S/C16H32N2O2/c1-3-15-12-17(9-10-18(15)11-14(2)19)13-16(20)7-5-4-6-8-16/h14-15,19-20H,3-13H2,1-2H3/t14-,15-/m0/s1. The van der Waals surface area contributed by atoms with Gasteiger partial charge in [-0.1, -0.05) is 26.2 Å². The van der Waals surface area contributed by atoms with Crippen molar-refractivity contribution in [1.82, 2.24) is 9.80 Å². The molecule has 1 saturated carbocycles. The summed E-state index contributed by atoms with van der Waals surface area (Å²) in [6.45, 7) is 8.77. The van der Waals surface area contributed by atoms with Crippen LogP contribution in [0, 0.1) is 0 Å². The molecular formula is C16H32N2O2. The van der Waals surface area contributed by atoms with Gasteiger partial charge < -0.3 is 10.2 Å². The average Bonchev–Trinajstić information content (AvgIpc) is 2.40. The lowest BCUT2D eigenvalue weighted by Crippen LogP contribution is -2.57. The zero-order valence-corrected chi connectivity index (χ0v) is 13.2. The summed E-state index contributed by atoms with van der Waals surface area (Å²) in [5.41, 5.74) is -0.441. The second kappa shape index (κ2) is 7.21. The molecule has 0 unspecified atom stereocenters. The van der Waals surface area contributed by atoms with Gasteiger partial charge in [0.25, 0.3) is 0 Å². The van der Waals surface area contributed by atoms with Gasteiger partial charge in [0, 0.05) is 38.8 Å². The van der Waals surface area contributed by atoms with Crippen LogP contribution in [0.4, 0.5) is 0 Å². The first-order valence-corrected chi connectivity index (χ1v) is 8.39. The number of rotatable bonds is 5. The molecule has 1 heterocycles. The molecule has 2 aliphatic rings. The monoisotopic (exact) mass is 284 g/mol. The van der Waals surface area contributed by atoms with Crippen LogP contribution in [0.5, 0.6) is 0 Å². The minimum Gasteiger partial charge on any atom is -0.392 e. The van der Waals surface area contributed by atoms with Gasteiger partial charge in [0.2, 0.25) is 0 Å². The fraction of sp³-hybridized carbons (Fsp3) is 1.00. The van der Waals surface area contributed by atoms with Crippen molar-refractivity contribution in [2.75, 3.05) is 32.7 Å². The Morgan fingerprint density at radius 2 is 1.90 bits per heavy atom. The van der Waals surface area contributed by atoms with E-state index in [4.69, 9.17) is 0 Å². The van der Waals surface area contributed by atoms with Crippen molar-refractivity contribution >= 4 is 0 Å². The molecule has 2 atom stereocenters. The second-order valence-corrected chi connectivity index (χ2v) is 6.93. The van der Waals surface area contributed by atoms with Gasteiger partial charge >= 0.3 is 0 Å². The Hall–Kier alpha value is -0.160. The Morgan fingerprint density at radius 1 is 1.20 bits per heavy atom. The van der Waals surface area contributed by atoms with Gasteiger partial charge in [-0.05, 0) is 26.2 Å². The van der Waals surface area contributed by atoms with E-state index in [9.17, 15) is 10.2 Å². The number of nitrogens with zero attached hydrogens (tertiary/aromatic N) is 2. The molecule has 118 valence electrons. The number of aliphatic hydroxyl groups excluding tert-OH is 1. The van der Waals surface area contributed by atoms with Crippen LogP contribution in [0.3, 0.4) is 0 Å². The Bertz CT molecular complexity index is 290. The maximum absolute atomic E-state index is 10.7. The first-order valence-electron chi connectivity index (χ1n) is 8.39. The molecule has 0 aromatic heterocycles. The highest BCUT2D eigenvalue weighted by atomic mass is 16.3. The van der Waals surface area contributed by atoms with Crippen LogP contribution in [0.15, 0.2) is 0 Å². The summed E-state index contributed by atoms with van der Waals surface area (Å²) >= 11 is 0. The smallest absolute Gasteiger partial charge is 0.0774 e. The zero-order valence-electron chi connectivity index (χ0n) is 13.2. The average molecular weight is 284 g/mol. The van der Waals surface area contributed by atoms with E-state index in [0.717, 1.165) is 52.0 Å². The molecule has 0 spiro atoms. The van der Waals surface area contributed by atoms with Crippen LogP contribution < -0.4 is 0 Å². The van der Waals surface area contributed by atoms with Crippen molar-refractivity contribution in [3.05, 3.63) is 0 Å². The second-order valence-electron chi connectivity index (χ2n) is 6.93. The van der Waals surface area contributed by atoms with Gasteiger partial charge in [0.05, 0.1) is 11.7 Å². The first kappa shape index (κ1) is 16.2. The summed E-state index contributed by atoms with van der Waals surface area (Å²) in [5, 5.41) is 20.3.